The standard InChI is InChI=1S/C10H17NO4S/c12-10(13)9(7-1-2-7)11-8-3-5-16(14,15)6-4-8/h7-9,11H,1-6H2,(H,12,13). The van der Waals surface area contributed by atoms with Gasteiger partial charge in [-0.1, -0.05) is 0 Å². The Morgan fingerprint density at radius 3 is 2.19 bits per heavy atom. The van der Waals surface area contributed by atoms with Crippen LogP contribution in [0.4, 0.5) is 0 Å². The fourth-order valence-corrected chi connectivity index (χ4v) is 3.64. The first kappa shape index (κ1) is 11.9. The van der Waals surface area contributed by atoms with Gasteiger partial charge in [0.2, 0.25) is 0 Å². The summed E-state index contributed by atoms with van der Waals surface area (Å²) in [5.41, 5.74) is 0. The normalized spacial score (nSPS) is 27.5. The molecule has 16 heavy (non-hydrogen) atoms. The van der Waals surface area contributed by atoms with Gasteiger partial charge in [0.25, 0.3) is 0 Å². The smallest absolute Gasteiger partial charge is 0.320 e. The Morgan fingerprint density at radius 1 is 1.19 bits per heavy atom. The topological polar surface area (TPSA) is 83.5 Å². The lowest BCUT2D eigenvalue weighted by molar-refractivity contribution is -0.140. The van der Waals surface area contributed by atoms with Gasteiger partial charge in [-0.15, -0.1) is 0 Å². The van der Waals surface area contributed by atoms with E-state index in [9.17, 15) is 13.2 Å². The molecular weight excluding hydrogens is 230 g/mol. The van der Waals surface area contributed by atoms with Crippen molar-refractivity contribution >= 4 is 15.8 Å². The van der Waals surface area contributed by atoms with Gasteiger partial charge >= 0.3 is 5.97 Å². The van der Waals surface area contributed by atoms with E-state index in [1.165, 1.54) is 0 Å². The van der Waals surface area contributed by atoms with Crippen molar-refractivity contribution in [1.82, 2.24) is 5.32 Å². The van der Waals surface area contributed by atoms with Crippen LogP contribution in [-0.2, 0) is 14.6 Å². The molecule has 0 aromatic carbocycles. The van der Waals surface area contributed by atoms with Crippen molar-refractivity contribution in [3.63, 3.8) is 0 Å². The number of rotatable bonds is 4. The highest BCUT2D eigenvalue weighted by molar-refractivity contribution is 7.91. The molecule has 1 saturated heterocycles. The Bertz CT molecular complexity index is 360. The number of carbonyl (C=O) groups is 1. The SMILES string of the molecule is O=C(O)C(NC1CCS(=O)(=O)CC1)C1CC1. The van der Waals surface area contributed by atoms with Crippen LogP contribution in [0.25, 0.3) is 0 Å². The molecule has 2 N–H and O–H groups in total. The van der Waals surface area contributed by atoms with Crippen molar-refractivity contribution in [2.75, 3.05) is 11.5 Å². The Balaban J connectivity index is 1.87. The van der Waals surface area contributed by atoms with Crippen LogP contribution < -0.4 is 5.32 Å². The van der Waals surface area contributed by atoms with Crippen LogP contribution in [-0.4, -0.2) is 43.1 Å². The highest BCUT2D eigenvalue weighted by Gasteiger charge is 2.38. The van der Waals surface area contributed by atoms with Crippen LogP contribution in [0, 0.1) is 5.92 Å². The Hall–Kier alpha value is -0.620. The molecule has 0 bridgehead atoms. The molecule has 1 saturated carbocycles. The van der Waals surface area contributed by atoms with Crippen LogP contribution in [0.15, 0.2) is 0 Å². The van der Waals surface area contributed by atoms with Crippen LogP contribution in [0.5, 0.6) is 0 Å². The molecule has 6 heteroatoms. The minimum Gasteiger partial charge on any atom is -0.480 e. The third-order valence-corrected chi connectivity index (χ3v) is 5.04. The van der Waals surface area contributed by atoms with E-state index in [-0.39, 0.29) is 23.5 Å². The van der Waals surface area contributed by atoms with Gasteiger partial charge < -0.3 is 10.4 Å². The summed E-state index contributed by atoms with van der Waals surface area (Å²) < 4.78 is 22.4. The summed E-state index contributed by atoms with van der Waals surface area (Å²) >= 11 is 0. The predicted octanol–water partition coefficient (Wildman–Crippen LogP) is 0.0164. The average molecular weight is 247 g/mol. The fourth-order valence-electron chi connectivity index (χ4n) is 2.15. The zero-order valence-corrected chi connectivity index (χ0v) is 9.87. The van der Waals surface area contributed by atoms with E-state index in [1.807, 2.05) is 0 Å². The molecule has 2 aliphatic rings. The first-order valence-electron chi connectivity index (χ1n) is 5.67. The summed E-state index contributed by atoms with van der Waals surface area (Å²) in [7, 11) is -2.86. The second kappa shape index (κ2) is 4.33. The van der Waals surface area contributed by atoms with E-state index in [0.29, 0.717) is 12.8 Å². The maximum Gasteiger partial charge on any atom is 0.320 e. The van der Waals surface area contributed by atoms with Crippen LogP contribution in [0.1, 0.15) is 25.7 Å². The van der Waals surface area contributed by atoms with Crippen molar-refractivity contribution in [2.24, 2.45) is 5.92 Å². The van der Waals surface area contributed by atoms with Gasteiger partial charge in [0.15, 0.2) is 0 Å². The summed E-state index contributed by atoms with van der Waals surface area (Å²) in [6, 6.07) is -0.434. The molecular formula is C10H17NO4S. The molecule has 92 valence electrons. The van der Waals surface area contributed by atoms with E-state index in [1.54, 1.807) is 0 Å². The van der Waals surface area contributed by atoms with E-state index in [4.69, 9.17) is 5.11 Å². The molecule has 0 aromatic rings. The molecule has 0 aromatic heterocycles. The average Bonchev–Trinajstić information content (AvgIpc) is 2.99. The molecule has 2 fully saturated rings. The van der Waals surface area contributed by atoms with Crippen molar-refractivity contribution in [3.05, 3.63) is 0 Å². The van der Waals surface area contributed by atoms with Crippen molar-refractivity contribution in [3.8, 4) is 0 Å². The number of carboxylic acid groups (broad SMARTS) is 1. The minimum atomic E-state index is -2.86. The third kappa shape index (κ3) is 2.95. The van der Waals surface area contributed by atoms with Gasteiger partial charge in [-0.05, 0) is 31.6 Å². The number of sulfone groups is 1. The highest BCUT2D eigenvalue weighted by atomic mass is 32.2. The summed E-state index contributed by atoms with van der Waals surface area (Å²) in [6.45, 7) is 0. The molecule has 1 heterocycles. The van der Waals surface area contributed by atoms with Crippen molar-refractivity contribution in [2.45, 2.75) is 37.8 Å². The summed E-state index contributed by atoms with van der Waals surface area (Å²) in [6.07, 6.45) is 3.02. The number of carboxylic acids is 1. The summed E-state index contributed by atoms with van der Waals surface area (Å²) in [5.74, 6) is -0.199. The molecule has 0 amide bonds. The van der Waals surface area contributed by atoms with E-state index >= 15 is 0 Å². The number of hydrogen-bond acceptors (Lipinski definition) is 4. The number of aliphatic carboxylic acids is 1. The Morgan fingerprint density at radius 2 is 1.75 bits per heavy atom. The quantitative estimate of drug-likeness (QED) is 0.731. The van der Waals surface area contributed by atoms with Gasteiger partial charge in [0.05, 0.1) is 11.5 Å². The fraction of sp³-hybridized carbons (Fsp3) is 0.900. The van der Waals surface area contributed by atoms with Gasteiger partial charge in [-0.25, -0.2) is 8.42 Å². The molecule has 5 nitrogen and oxygen atoms in total. The maximum absolute atomic E-state index is 11.2. The first-order chi connectivity index (χ1) is 7.48. The van der Waals surface area contributed by atoms with Crippen LogP contribution in [0.2, 0.25) is 0 Å². The number of hydrogen-bond donors (Lipinski definition) is 2. The van der Waals surface area contributed by atoms with Gasteiger partial charge in [0.1, 0.15) is 15.9 Å². The molecule has 1 aliphatic carbocycles. The maximum atomic E-state index is 11.2. The van der Waals surface area contributed by atoms with E-state index < -0.39 is 21.8 Å². The minimum absolute atomic E-state index is 0.0465. The zero-order valence-electron chi connectivity index (χ0n) is 9.05. The second-order valence-electron chi connectivity index (χ2n) is 4.75. The lowest BCUT2D eigenvalue weighted by Gasteiger charge is -2.26. The van der Waals surface area contributed by atoms with Gasteiger partial charge in [-0.3, -0.25) is 4.79 Å². The van der Waals surface area contributed by atoms with E-state index in [2.05, 4.69) is 5.32 Å². The molecule has 1 atom stereocenters. The molecule has 2 rings (SSSR count). The predicted molar refractivity (Wildman–Crippen MR) is 59.0 cm³/mol. The molecule has 0 radical (unpaired) electrons. The first-order valence-corrected chi connectivity index (χ1v) is 7.49. The van der Waals surface area contributed by atoms with Crippen LogP contribution in [0.3, 0.4) is 0 Å². The highest BCUT2D eigenvalue weighted by Crippen LogP contribution is 2.33. The lowest BCUT2D eigenvalue weighted by Crippen LogP contribution is -2.47. The largest absolute Gasteiger partial charge is 0.480 e. The van der Waals surface area contributed by atoms with Gasteiger partial charge in [-0.2, -0.15) is 0 Å². The third-order valence-electron chi connectivity index (χ3n) is 3.33. The molecule has 1 unspecified atom stereocenters. The Kier molecular flexibility index (Phi) is 3.21. The monoisotopic (exact) mass is 247 g/mol. The number of nitrogens with one attached hydrogen (secondary N) is 1. The molecule has 0 spiro atoms. The van der Waals surface area contributed by atoms with Crippen molar-refractivity contribution in [1.29, 1.82) is 0 Å². The second-order valence-corrected chi connectivity index (χ2v) is 7.05. The summed E-state index contributed by atoms with van der Waals surface area (Å²) in [5, 5.41) is 12.1. The Labute approximate surface area is 95.1 Å². The van der Waals surface area contributed by atoms with E-state index in [0.717, 1.165) is 12.8 Å². The summed E-state index contributed by atoms with van der Waals surface area (Å²) in [4.78, 5) is 11.0. The van der Waals surface area contributed by atoms with Crippen LogP contribution >= 0.6 is 0 Å². The van der Waals surface area contributed by atoms with Gasteiger partial charge in [0, 0.05) is 6.04 Å². The lowest BCUT2D eigenvalue weighted by atomic mass is 10.1. The zero-order chi connectivity index (χ0) is 11.8. The van der Waals surface area contributed by atoms with Crippen molar-refractivity contribution < 1.29 is 18.3 Å². The molecule has 1 aliphatic heterocycles.